The highest BCUT2D eigenvalue weighted by Gasteiger charge is 2.27. The minimum atomic E-state index is 0.0667. The summed E-state index contributed by atoms with van der Waals surface area (Å²) in [7, 11) is 5.29. The number of hydrogen-bond acceptors (Lipinski definition) is 4. The number of ketones is 1. The Labute approximate surface area is 155 Å². The lowest BCUT2D eigenvalue weighted by atomic mass is 10.1. The molecule has 0 saturated carbocycles. The molecule has 0 atom stereocenters. The predicted octanol–water partition coefficient (Wildman–Crippen LogP) is 3.98. The molecule has 0 N–H and O–H groups in total. The number of carbonyl (C=O) groups is 1. The molecule has 0 spiro atoms. The molecule has 0 heterocycles. The summed E-state index contributed by atoms with van der Waals surface area (Å²) in [5, 5.41) is 0. The number of benzene rings is 2. The van der Waals surface area contributed by atoms with Gasteiger partial charge in [-0.15, -0.1) is 0 Å². The van der Waals surface area contributed by atoms with Crippen LogP contribution in [-0.4, -0.2) is 38.5 Å². The Morgan fingerprint density at radius 1 is 1.12 bits per heavy atom. The highest BCUT2D eigenvalue weighted by atomic mass is 16.5. The molecular formula is C22H25NO3. The molecule has 4 heteroatoms. The highest BCUT2D eigenvalue weighted by molar-refractivity contribution is 6.15. The molecule has 1 aliphatic rings. The van der Waals surface area contributed by atoms with Gasteiger partial charge in [0.2, 0.25) is 0 Å². The molecule has 136 valence electrons. The van der Waals surface area contributed by atoms with Crippen molar-refractivity contribution < 1.29 is 14.3 Å². The van der Waals surface area contributed by atoms with Crippen molar-refractivity contribution in [3.63, 3.8) is 0 Å². The number of rotatable bonds is 6. The minimum Gasteiger partial charge on any atom is -0.493 e. The van der Waals surface area contributed by atoms with Gasteiger partial charge in [0, 0.05) is 24.1 Å². The molecule has 0 aromatic heterocycles. The fourth-order valence-corrected chi connectivity index (χ4v) is 3.26. The van der Waals surface area contributed by atoms with E-state index in [9.17, 15) is 4.79 Å². The highest BCUT2D eigenvalue weighted by Crippen LogP contribution is 2.37. The molecule has 0 bridgehead atoms. The zero-order valence-electron chi connectivity index (χ0n) is 15.8. The van der Waals surface area contributed by atoms with Crippen molar-refractivity contribution in [2.45, 2.75) is 19.9 Å². The largest absolute Gasteiger partial charge is 0.493 e. The lowest BCUT2D eigenvalue weighted by Gasteiger charge is -2.14. The van der Waals surface area contributed by atoms with Gasteiger partial charge in [0.25, 0.3) is 0 Å². The van der Waals surface area contributed by atoms with Crippen molar-refractivity contribution in [2.24, 2.45) is 0 Å². The Hall–Kier alpha value is -2.59. The van der Waals surface area contributed by atoms with E-state index in [0.717, 1.165) is 29.8 Å². The molecule has 2 aromatic carbocycles. The fraction of sp³-hybridized carbons (Fsp3) is 0.318. The van der Waals surface area contributed by atoms with E-state index in [2.05, 4.69) is 31.0 Å². The normalized spacial score (nSPS) is 14.8. The van der Waals surface area contributed by atoms with Crippen LogP contribution >= 0.6 is 0 Å². The maximum Gasteiger partial charge on any atom is 0.189 e. The lowest BCUT2D eigenvalue weighted by molar-refractivity contribution is 0.104. The second-order valence-corrected chi connectivity index (χ2v) is 6.62. The molecule has 0 radical (unpaired) electrons. The van der Waals surface area contributed by atoms with Gasteiger partial charge in [0.15, 0.2) is 17.3 Å². The first-order valence-electron chi connectivity index (χ1n) is 8.83. The van der Waals surface area contributed by atoms with Crippen LogP contribution in [-0.2, 0) is 13.0 Å². The van der Waals surface area contributed by atoms with Gasteiger partial charge in [-0.2, -0.15) is 0 Å². The van der Waals surface area contributed by atoms with Crippen molar-refractivity contribution in [1.29, 1.82) is 0 Å². The number of nitrogens with zero attached hydrogens (tertiary/aromatic N) is 1. The van der Waals surface area contributed by atoms with Gasteiger partial charge in [0.1, 0.15) is 0 Å². The van der Waals surface area contributed by atoms with Crippen LogP contribution in [0.2, 0.25) is 0 Å². The van der Waals surface area contributed by atoms with E-state index in [1.807, 2.05) is 24.3 Å². The number of ether oxygens (including phenoxy) is 2. The Kier molecular flexibility index (Phi) is 5.43. The molecule has 2 aromatic rings. The molecule has 3 rings (SSSR count). The van der Waals surface area contributed by atoms with Crippen LogP contribution in [0.4, 0.5) is 0 Å². The molecule has 0 fully saturated rings. The van der Waals surface area contributed by atoms with Crippen molar-refractivity contribution in [1.82, 2.24) is 4.90 Å². The Balaban J connectivity index is 1.89. The van der Waals surface area contributed by atoms with Crippen LogP contribution in [0.5, 0.6) is 11.5 Å². The van der Waals surface area contributed by atoms with Gasteiger partial charge in [-0.1, -0.05) is 31.2 Å². The van der Waals surface area contributed by atoms with E-state index in [-0.39, 0.29) is 5.78 Å². The van der Waals surface area contributed by atoms with Gasteiger partial charge in [-0.05, 0) is 48.5 Å². The second-order valence-electron chi connectivity index (χ2n) is 6.62. The average molecular weight is 351 g/mol. The number of methoxy groups -OCH3 is 2. The van der Waals surface area contributed by atoms with Crippen molar-refractivity contribution in [2.75, 3.05) is 27.8 Å². The maximum absolute atomic E-state index is 12.8. The van der Waals surface area contributed by atoms with Gasteiger partial charge in [0.05, 0.1) is 14.2 Å². The SMILES string of the molecule is CCN(C)Cc1cccc(/C=C2\Cc3cc(OC)c(OC)cc3C2=O)c1. The summed E-state index contributed by atoms with van der Waals surface area (Å²) in [5.41, 5.74) is 4.80. The summed E-state index contributed by atoms with van der Waals surface area (Å²) in [4.78, 5) is 15.1. The zero-order valence-corrected chi connectivity index (χ0v) is 15.8. The summed E-state index contributed by atoms with van der Waals surface area (Å²) in [6.07, 6.45) is 2.62. The predicted molar refractivity (Wildman–Crippen MR) is 104 cm³/mol. The van der Waals surface area contributed by atoms with Crippen LogP contribution < -0.4 is 9.47 Å². The van der Waals surface area contributed by atoms with E-state index in [1.54, 1.807) is 20.3 Å². The first-order chi connectivity index (χ1) is 12.5. The van der Waals surface area contributed by atoms with Crippen molar-refractivity contribution in [3.05, 3.63) is 64.2 Å². The monoisotopic (exact) mass is 351 g/mol. The number of carbonyl (C=O) groups excluding carboxylic acids is 1. The first-order valence-corrected chi connectivity index (χ1v) is 8.83. The lowest BCUT2D eigenvalue weighted by Crippen LogP contribution is -2.16. The third kappa shape index (κ3) is 3.65. The standard InChI is InChI=1S/C22H25NO3/c1-5-23(2)14-16-8-6-7-15(9-16)10-18-11-17-12-20(25-3)21(26-4)13-19(17)22(18)24/h6-10,12-13H,5,11,14H2,1-4H3/b18-10+. The molecule has 26 heavy (non-hydrogen) atoms. The van der Waals surface area contributed by atoms with E-state index in [4.69, 9.17) is 9.47 Å². The van der Waals surface area contributed by atoms with Gasteiger partial charge >= 0.3 is 0 Å². The van der Waals surface area contributed by atoms with Gasteiger partial charge < -0.3 is 14.4 Å². The molecule has 0 unspecified atom stereocenters. The van der Waals surface area contributed by atoms with E-state index in [1.165, 1.54) is 5.56 Å². The van der Waals surface area contributed by atoms with E-state index >= 15 is 0 Å². The number of allylic oxidation sites excluding steroid dienone is 1. The third-order valence-corrected chi connectivity index (χ3v) is 4.81. The smallest absolute Gasteiger partial charge is 0.189 e. The molecule has 0 saturated heterocycles. The van der Waals surface area contributed by atoms with Crippen LogP contribution in [0.1, 0.15) is 34.0 Å². The van der Waals surface area contributed by atoms with Crippen LogP contribution in [0, 0.1) is 0 Å². The summed E-state index contributed by atoms with van der Waals surface area (Å²) >= 11 is 0. The Morgan fingerprint density at radius 2 is 1.85 bits per heavy atom. The summed E-state index contributed by atoms with van der Waals surface area (Å²) < 4.78 is 10.7. The van der Waals surface area contributed by atoms with Crippen LogP contribution in [0.15, 0.2) is 42.0 Å². The second kappa shape index (κ2) is 7.75. The summed E-state index contributed by atoms with van der Waals surface area (Å²) in [6.45, 7) is 4.04. The molecule has 1 aliphatic carbocycles. The quantitative estimate of drug-likeness (QED) is 0.738. The minimum absolute atomic E-state index is 0.0667. The van der Waals surface area contributed by atoms with Gasteiger partial charge in [-0.25, -0.2) is 0 Å². The molecule has 4 nitrogen and oxygen atoms in total. The Bertz CT molecular complexity index is 854. The fourth-order valence-electron chi connectivity index (χ4n) is 3.26. The first kappa shape index (κ1) is 18.2. The van der Waals surface area contributed by atoms with Crippen molar-refractivity contribution >= 4 is 11.9 Å². The van der Waals surface area contributed by atoms with Gasteiger partial charge in [-0.3, -0.25) is 4.79 Å². The Morgan fingerprint density at radius 3 is 2.54 bits per heavy atom. The van der Waals surface area contributed by atoms with Crippen LogP contribution in [0.3, 0.4) is 0 Å². The van der Waals surface area contributed by atoms with Crippen LogP contribution in [0.25, 0.3) is 6.08 Å². The van der Waals surface area contributed by atoms with E-state index < -0.39 is 0 Å². The molecule has 0 amide bonds. The van der Waals surface area contributed by atoms with E-state index in [0.29, 0.717) is 23.5 Å². The summed E-state index contributed by atoms with van der Waals surface area (Å²) in [6, 6.07) is 12.0. The zero-order chi connectivity index (χ0) is 18.7. The average Bonchev–Trinajstić information content (AvgIpc) is 2.95. The molecule has 0 aliphatic heterocycles. The van der Waals surface area contributed by atoms with Crippen molar-refractivity contribution in [3.8, 4) is 11.5 Å². The number of hydrogen-bond donors (Lipinski definition) is 0. The summed E-state index contributed by atoms with van der Waals surface area (Å²) in [5.74, 6) is 1.31. The number of Topliss-reactive ketones (excluding diaryl/α,β-unsaturated/α-hetero) is 1. The number of fused-ring (bicyclic) bond motifs is 1. The molecular weight excluding hydrogens is 326 g/mol. The maximum atomic E-state index is 12.8. The topological polar surface area (TPSA) is 38.8 Å². The third-order valence-electron chi connectivity index (χ3n) is 4.81.